The van der Waals surface area contributed by atoms with Crippen molar-refractivity contribution in [2.75, 3.05) is 5.32 Å². The summed E-state index contributed by atoms with van der Waals surface area (Å²) in [6.07, 6.45) is 0. The van der Waals surface area contributed by atoms with E-state index < -0.39 is 32.9 Å². The molecular weight excluding hydrogens is 411 g/mol. The molecule has 11 heteroatoms. The first-order valence-electron chi connectivity index (χ1n) is 8.72. The summed E-state index contributed by atoms with van der Waals surface area (Å²) in [6.45, 7) is 0. The zero-order valence-electron chi connectivity index (χ0n) is 15.4. The molecule has 3 aromatic carbocycles. The number of nitrogens with zero attached hydrogens (tertiary/aromatic N) is 3. The molecule has 1 amide bonds. The van der Waals surface area contributed by atoms with Crippen molar-refractivity contribution in [1.29, 1.82) is 0 Å². The van der Waals surface area contributed by atoms with Gasteiger partial charge in [-0.3, -0.25) is 25.0 Å². The maximum Gasteiger partial charge on any atom is 0.277 e. The molecule has 0 saturated heterocycles. The Morgan fingerprint density at radius 2 is 1.65 bits per heavy atom. The van der Waals surface area contributed by atoms with Gasteiger partial charge in [0.1, 0.15) is 11.3 Å². The summed E-state index contributed by atoms with van der Waals surface area (Å²) in [5, 5.41) is 24.5. The maximum absolute atomic E-state index is 14.0. The van der Waals surface area contributed by atoms with Crippen LogP contribution in [0.3, 0.4) is 0 Å². The smallest absolute Gasteiger partial charge is 0.277 e. The van der Waals surface area contributed by atoms with Gasteiger partial charge in [0.15, 0.2) is 5.58 Å². The van der Waals surface area contributed by atoms with Crippen molar-refractivity contribution in [2.24, 2.45) is 0 Å². The van der Waals surface area contributed by atoms with Crippen molar-refractivity contribution in [3.8, 4) is 11.5 Å². The molecule has 10 nitrogen and oxygen atoms in total. The number of amides is 1. The number of nitro benzene ring substituents is 2. The molecule has 4 aromatic rings. The van der Waals surface area contributed by atoms with Crippen LogP contribution in [-0.4, -0.2) is 20.7 Å². The predicted molar refractivity (Wildman–Crippen MR) is 107 cm³/mol. The molecule has 0 aliphatic heterocycles. The highest BCUT2D eigenvalue weighted by molar-refractivity contribution is 6.05. The lowest BCUT2D eigenvalue weighted by molar-refractivity contribution is -0.394. The Kier molecular flexibility index (Phi) is 4.83. The number of fused-ring (bicyclic) bond motifs is 1. The second-order valence-electron chi connectivity index (χ2n) is 6.39. The molecule has 0 atom stereocenters. The number of benzene rings is 3. The average Bonchev–Trinajstić information content (AvgIpc) is 3.16. The van der Waals surface area contributed by atoms with Crippen LogP contribution in [0.2, 0.25) is 0 Å². The number of carbonyl (C=O) groups excluding carboxylic acids is 1. The second-order valence-corrected chi connectivity index (χ2v) is 6.39. The quantitative estimate of drug-likeness (QED) is 0.363. The first-order valence-corrected chi connectivity index (χ1v) is 8.72. The summed E-state index contributed by atoms with van der Waals surface area (Å²) < 4.78 is 19.5. The van der Waals surface area contributed by atoms with Gasteiger partial charge in [0.2, 0.25) is 5.89 Å². The molecule has 0 aliphatic carbocycles. The molecule has 0 unspecified atom stereocenters. The summed E-state index contributed by atoms with van der Waals surface area (Å²) in [6, 6.07) is 13.1. The minimum atomic E-state index is -0.824. The minimum absolute atomic E-state index is 0.0610. The largest absolute Gasteiger partial charge is 0.436 e. The molecule has 0 saturated carbocycles. The van der Waals surface area contributed by atoms with E-state index in [-0.39, 0.29) is 22.7 Å². The Hall–Kier alpha value is -4.67. The number of nitro groups is 2. The van der Waals surface area contributed by atoms with Crippen molar-refractivity contribution < 1.29 is 23.4 Å². The van der Waals surface area contributed by atoms with Crippen molar-refractivity contribution in [3.05, 3.63) is 92.3 Å². The fraction of sp³-hybridized carbons (Fsp3) is 0. The summed E-state index contributed by atoms with van der Waals surface area (Å²) in [7, 11) is 0. The average molecular weight is 422 g/mol. The first kappa shape index (κ1) is 19.6. The van der Waals surface area contributed by atoms with E-state index in [9.17, 15) is 29.4 Å². The molecule has 1 aromatic heterocycles. The standard InChI is InChI=1S/C20H11FN4O6/c21-16-4-2-1-3-15(16)20-23-17-9-12(5-6-18(17)31-20)22-19(26)11-7-13(24(27)28)10-14(8-11)25(29)30/h1-10H,(H,22,26). The number of oxazole rings is 1. The van der Waals surface area contributed by atoms with Crippen molar-refractivity contribution in [3.63, 3.8) is 0 Å². The molecule has 154 valence electrons. The van der Waals surface area contributed by atoms with Crippen molar-refractivity contribution >= 4 is 34.1 Å². The number of halogens is 1. The number of carbonyl (C=O) groups is 1. The summed E-state index contributed by atoms with van der Waals surface area (Å²) in [4.78, 5) is 37.1. The molecule has 0 aliphatic rings. The maximum atomic E-state index is 14.0. The Balaban J connectivity index is 1.64. The highest BCUT2D eigenvalue weighted by atomic mass is 19.1. The number of hydrogen-bond acceptors (Lipinski definition) is 7. The van der Waals surface area contributed by atoms with Gasteiger partial charge in [-0.05, 0) is 30.3 Å². The van der Waals surface area contributed by atoms with E-state index in [4.69, 9.17) is 4.42 Å². The normalized spacial score (nSPS) is 10.7. The number of aromatic nitrogens is 1. The van der Waals surface area contributed by atoms with Gasteiger partial charge >= 0.3 is 0 Å². The topological polar surface area (TPSA) is 141 Å². The van der Waals surface area contributed by atoms with Crippen LogP contribution in [0, 0.1) is 26.0 Å². The van der Waals surface area contributed by atoms with E-state index in [1.807, 2.05) is 0 Å². The van der Waals surface area contributed by atoms with Crippen molar-refractivity contribution in [2.45, 2.75) is 0 Å². The third-order valence-corrected chi connectivity index (χ3v) is 4.34. The Bertz CT molecular complexity index is 1330. The third kappa shape index (κ3) is 3.92. The minimum Gasteiger partial charge on any atom is -0.436 e. The van der Waals surface area contributed by atoms with Crippen LogP contribution in [0.25, 0.3) is 22.6 Å². The van der Waals surface area contributed by atoms with Crippen molar-refractivity contribution in [1.82, 2.24) is 4.98 Å². The van der Waals surface area contributed by atoms with Crippen LogP contribution in [0.1, 0.15) is 10.4 Å². The lowest BCUT2D eigenvalue weighted by Gasteiger charge is -2.05. The first-order chi connectivity index (χ1) is 14.8. The lowest BCUT2D eigenvalue weighted by Crippen LogP contribution is -2.12. The fourth-order valence-corrected chi connectivity index (χ4v) is 2.90. The van der Waals surface area contributed by atoms with Crippen LogP contribution in [0.15, 0.2) is 65.1 Å². The van der Waals surface area contributed by atoms with Gasteiger partial charge < -0.3 is 9.73 Å². The number of non-ortho nitro benzene ring substituents is 2. The Morgan fingerprint density at radius 3 is 2.29 bits per heavy atom. The number of nitrogens with one attached hydrogen (secondary N) is 1. The lowest BCUT2D eigenvalue weighted by atomic mass is 10.1. The van der Waals surface area contributed by atoms with E-state index in [1.165, 1.54) is 36.4 Å². The molecule has 4 rings (SSSR count). The molecule has 0 bridgehead atoms. The van der Waals surface area contributed by atoms with Gasteiger partial charge in [-0.1, -0.05) is 12.1 Å². The summed E-state index contributed by atoms with van der Waals surface area (Å²) in [5.41, 5.74) is -0.300. The SMILES string of the molecule is O=C(Nc1ccc2oc(-c3ccccc3F)nc2c1)c1cc([N+](=O)[O-])cc([N+](=O)[O-])c1. The molecule has 0 spiro atoms. The Morgan fingerprint density at radius 1 is 0.968 bits per heavy atom. The van der Waals surface area contributed by atoms with Crippen LogP contribution in [-0.2, 0) is 0 Å². The molecule has 31 heavy (non-hydrogen) atoms. The zero-order chi connectivity index (χ0) is 22.1. The van der Waals surface area contributed by atoms with E-state index in [0.29, 0.717) is 11.1 Å². The van der Waals surface area contributed by atoms with Gasteiger partial charge in [-0.25, -0.2) is 9.37 Å². The van der Waals surface area contributed by atoms with E-state index in [0.717, 1.165) is 18.2 Å². The summed E-state index contributed by atoms with van der Waals surface area (Å²) in [5.74, 6) is -1.23. The predicted octanol–water partition coefficient (Wildman–Crippen LogP) is 4.70. The van der Waals surface area contributed by atoms with Crippen LogP contribution >= 0.6 is 0 Å². The highest BCUT2D eigenvalue weighted by Crippen LogP contribution is 2.28. The van der Waals surface area contributed by atoms with Gasteiger partial charge in [-0.2, -0.15) is 0 Å². The van der Waals surface area contributed by atoms with E-state index in [1.54, 1.807) is 6.07 Å². The molecule has 1 N–H and O–H groups in total. The van der Waals surface area contributed by atoms with Crippen LogP contribution in [0.5, 0.6) is 0 Å². The van der Waals surface area contributed by atoms with Gasteiger partial charge in [0, 0.05) is 17.8 Å². The molecular formula is C20H11FN4O6. The molecule has 0 fully saturated rings. The van der Waals surface area contributed by atoms with Crippen LogP contribution < -0.4 is 5.32 Å². The second kappa shape index (κ2) is 7.63. The zero-order valence-corrected chi connectivity index (χ0v) is 15.4. The fourth-order valence-electron chi connectivity index (χ4n) is 2.90. The molecule has 1 heterocycles. The van der Waals surface area contributed by atoms with E-state index >= 15 is 0 Å². The highest BCUT2D eigenvalue weighted by Gasteiger charge is 2.20. The number of rotatable bonds is 5. The monoisotopic (exact) mass is 422 g/mol. The molecule has 0 radical (unpaired) electrons. The van der Waals surface area contributed by atoms with Gasteiger partial charge in [-0.15, -0.1) is 0 Å². The number of hydrogen-bond donors (Lipinski definition) is 1. The number of anilines is 1. The van der Waals surface area contributed by atoms with Crippen LogP contribution in [0.4, 0.5) is 21.5 Å². The van der Waals surface area contributed by atoms with Gasteiger partial charge in [0.25, 0.3) is 17.3 Å². The summed E-state index contributed by atoms with van der Waals surface area (Å²) >= 11 is 0. The van der Waals surface area contributed by atoms with E-state index in [2.05, 4.69) is 10.3 Å². The van der Waals surface area contributed by atoms with Gasteiger partial charge in [0.05, 0.1) is 27.0 Å². The Labute approximate surface area is 172 Å². The third-order valence-electron chi connectivity index (χ3n) is 4.34.